The highest BCUT2D eigenvalue weighted by Gasteiger charge is 2.25. The van der Waals surface area contributed by atoms with E-state index < -0.39 is 10.0 Å². The summed E-state index contributed by atoms with van der Waals surface area (Å²) < 4.78 is 31.3. The highest BCUT2D eigenvalue weighted by atomic mass is 32.2. The molecule has 1 amide bonds. The van der Waals surface area contributed by atoms with E-state index in [4.69, 9.17) is 4.74 Å². The third-order valence-corrected chi connectivity index (χ3v) is 5.78. The number of rotatable bonds is 10. The van der Waals surface area contributed by atoms with Crippen LogP contribution in [0.25, 0.3) is 0 Å². The lowest BCUT2D eigenvalue weighted by Gasteiger charge is -2.25. The Kier molecular flexibility index (Phi) is 7.87. The molecule has 1 aliphatic heterocycles. The SMILES string of the molecule is CC(C)C[C@H](CO)Nc1nc(CC(C)c2cnc3c(c2)OCC(=O)N3C)nc(NS(C)(=O)=O)n1. The van der Waals surface area contributed by atoms with Gasteiger partial charge in [0.25, 0.3) is 5.91 Å². The quantitative estimate of drug-likeness (QED) is 0.438. The predicted octanol–water partition coefficient (Wildman–Crippen LogP) is 1.16. The molecule has 2 aromatic rings. The number of pyridine rings is 1. The standard InChI is InChI=1S/C21H31N7O5S/c1-12(2)6-15(10-29)23-20-24-17(25-21(26-20)27-34(5,31)32)7-13(3)14-8-16-19(22-9-14)28(4)18(30)11-33-16/h8-9,12-13,15,29H,6-7,10-11H2,1-5H3,(H2,23,24,25,26,27)/t13?,15-/m1/s1. The molecule has 12 nitrogen and oxygen atoms in total. The second kappa shape index (κ2) is 10.5. The summed E-state index contributed by atoms with van der Waals surface area (Å²) in [5.41, 5.74) is 0.849. The summed E-state index contributed by atoms with van der Waals surface area (Å²) in [7, 11) is -1.96. The number of ether oxygens (including phenoxy) is 1. The fraction of sp³-hybridized carbons (Fsp3) is 0.571. The predicted molar refractivity (Wildman–Crippen MR) is 128 cm³/mol. The zero-order valence-electron chi connectivity index (χ0n) is 19.9. The van der Waals surface area contributed by atoms with Crippen molar-refractivity contribution in [2.75, 3.05) is 41.5 Å². The molecule has 0 bridgehead atoms. The van der Waals surface area contributed by atoms with Crippen LogP contribution in [0, 0.1) is 5.92 Å². The minimum Gasteiger partial charge on any atom is -0.480 e. The van der Waals surface area contributed by atoms with Crippen molar-refractivity contribution in [3.8, 4) is 5.75 Å². The molecule has 1 unspecified atom stereocenters. The Bertz CT molecular complexity index is 1140. The Morgan fingerprint density at radius 1 is 1.21 bits per heavy atom. The normalized spacial score (nSPS) is 15.5. The summed E-state index contributed by atoms with van der Waals surface area (Å²) in [6.45, 7) is 5.85. The average Bonchev–Trinajstić information content (AvgIpc) is 2.74. The number of carbonyl (C=O) groups is 1. The van der Waals surface area contributed by atoms with E-state index in [0.717, 1.165) is 11.8 Å². The third-order valence-electron chi connectivity index (χ3n) is 5.22. The minimum absolute atomic E-state index is 0.0472. The van der Waals surface area contributed by atoms with Crippen LogP contribution in [0.5, 0.6) is 5.75 Å². The van der Waals surface area contributed by atoms with Gasteiger partial charge in [0.2, 0.25) is 21.9 Å². The maximum absolute atomic E-state index is 11.8. The molecule has 0 saturated carbocycles. The van der Waals surface area contributed by atoms with Crippen molar-refractivity contribution in [1.29, 1.82) is 0 Å². The zero-order chi connectivity index (χ0) is 25.0. The van der Waals surface area contributed by atoms with E-state index in [1.165, 1.54) is 4.90 Å². The summed E-state index contributed by atoms with van der Waals surface area (Å²) in [4.78, 5) is 30.5. The number of aromatic nitrogens is 4. The molecule has 2 atom stereocenters. The molecular formula is C21H31N7O5S. The molecule has 34 heavy (non-hydrogen) atoms. The van der Waals surface area contributed by atoms with Gasteiger partial charge in [0, 0.05) is 19.7 Å². The van der Waals surface area contributed by atoms with Gasteiger partial charge in [-0.1, -0.05) is 20.8 Å². The molecule has 3 heterocycles. The van der Waals surface area contributed by atoms with Crippen LogP contribution in [0.1, 0.15) is 44.5 Å². The fourth-order valence-electron chi connectivity index (χ4n) is 3.54. The van der Waals surface area contributed by atoms with Gasteiger partial charge in [-0.15, -0.1) is 0 Å². The Labute approximate surface area is 199 Å². The van der Waals surface area contributed by atoms with Crippen molar-refractivity contribution < 1.29 is 23.1 Å². The van der Waals surface area contributed by atoms with Crippen molar-refractivity contribution in [2.24, 2.45) is 5.92 Å². The Hall–Kier alpha value is -3.06. The van der Waals surface area contributed by atoms with Crippen LogP contribution in [0.15, 0.2) is 12.3 Å². The first-order valence-corrected chi connectivity index (χ1v) is 12.8. The molecule has 0 radical (unpaired) electrons. The highest BCUT2D eigenvalue weighted by molar-refractivity contribution is 7.91. The van der Waals surface area contributed by atoms with Gasteiger partial charge in [-0.2, -0.15) is 15.0 Å². The average molecular weight is 494 g/mol. The van der Waals surface area contributed by atoms with E-state index in [-0.39, 0.29) is 43.0 Å². The Morgan fingerprint density at radius 3 is 2.56 bits per heavy atom. The number of nitrogens with zero attached hydrogens (tertiary/aromatic N) is 5. The van der Waals surface area contributed by atoms with Gasteiger partial charge >= 0.3 is 0 Å². The first-order valence-electron chi connectivity index (χ1n) is 10.9. The molecule has 0 aliphatic carbocycles. The van der Waals surface area contributed by atoms with E-state index in [2.05, 4.69) is 30.0 Å². The molecular weight excluding hydrogens is 462 g/mol. The number of amides is 1. The minimum atomic E-state index is -3.60. The van der Waals surface area contributed by atoms with Gasteiger partial charge in [0.15, 0.2) is 18.2 Å². The van der Waals surface area contributed by atoms with Crippen molar-refractivity contribution >= 4 is 33.6 Å². The van der Waals surface area contributed by atoms with Gasteiger partial charge in [0.1, 0.15) is 5.82 Å². The second-order valence-electron chi connectivity index (χ2n) is 8.86. The van der Waals surface area contributed by atoms with E-state index in [0.29, 0.717) is 36.2 Å². The van der Waals surface area contributed by atoms with Crippen LogP contribution < -0.4 is 19.7 Å². The van der Waals surface area contributed by atoms with Crippen molar-refractivity contribution in [3.05, 3.63) is 23.7 Å². The smallest absolute Gasteiger partial charge is 0.265 e. The summed E-state index contributed by atoms with van der Waals surface area (Å²) in [6.07, 6.45) is 3.73. The van der Waals surface area contributed by atoms with Crippen LogP contribution in [-0.2, 0) is 21.2 Å². The summed E-state index contributed by atoms with van der Waals surface area (Å²) >= 11 is 0. The van der Waals surface area contributed by atoms with Crippen LogP contribution >= 0.6 is 0 Å². The molecule has 0 fully saturated rings. The summed E-state index contributed by atoms with van der Waals surface area (Å²) in [6, 6.07) is 1.54. The molecule has 0 aromatic carbocycles. The first kappa shape index (κ1) is 25.6. The van der Waals surface area contributed by atoms with Gasteiger partial charge < -0.3 is 15.2 Å². The number of nitrogens with one attached hydrogen (secondary N) is 2. The molecule has 2 aromatic heterocycles. The monoisotopic (exact) mass is 493 g/mol. The van der Waals surface area contributed by atoms with Crippen LogP contribution in [0.4, 0.5) is 17.7 Å². The van der Waals surface area contributed by atoms with Crippen molar-refractivity contribution in [3.63, 3.8) is 0 Å². The number of sulfonamides is 1. The summed E-state index contributed by atoms with van der Waals surface area (Å²) in [5.74, 6) is 1.47. The van der Waals surface area contributed by atoms with Crippen LogP contribution in [0.3, 0.4) is 0 Å². The maximum atomic E-state index is 11.8. The maximum Gasteiger partial charge on any atom is 0.265 e. The van der Waals surface area contributed by atoms with Gasteiger partial charge in [-0.25, -0.2) is 13.4 Å². The van der Waals surface area contributed by atoms with Crippen molar-refractivity contribution in [1.82, 2.24) is 19.9 Å². The topological polar surface area (TPSA) is 160 Å². The fourth-order valence-corrected chi connectivity index (χ4v) is 3.97. The molecule has 3 N–H and O–H groups in total. The lowest BCUT2D eigenvalue weighted by molar-refractivity contribution is -0.121. The molecule has 3 rings (SSSR count). The van der Waals surface area contributed by atoms with Gasteiger partial charge in [-0.05, 0) is 29.9 Å². The summed E-state index contributed by atoms with van der Waals surface area (Å²) in [5, 5.41) is 12.8. The number of likely N-dealkylation sites (N-methyl/N-ethyl adjacent to an activating group) is 1. The number of fused-ring (bicyclic) bond motifs is 1. The van der Waals surface area contributed by atoms with Crippen LogP contribution in [-0.4, -0.2) is 71.9 Å². The molecule has 186 valence electrons. The largest absolute Gasteiger partial charge is 0.480 e. The van der Waals surface area contributed by atoms with E-state index in [9.17, 15) is 18.3 Å². The molecule has 1 aliphatic rings. The van der Waals surface area contributed by atoms with Crippen LogP contribution in [0.2, 0.25) is 0 Å². The lowest BCUT2D eigenvalue weighted by Crippen LogP contribution is -2.36. The van der Waals surface area contributed by atoms with E-state index in [1.54, 1.807) is 13.2 Å². The van der Waals surface area contributed by atoms with Gasteiger partial charge in [-0.3, -0.25) is 14.4 Å². The number of anilines is 3. The second-order valence-corrected chi connectivity index (χ2v) is 10.6. The number of aliphatic hydroxyl groups excluding tert-OH is 1. The van der Waals surface area contributed by atoms with Gasteiger partial charge in [0.05, 0.1) is 18.9 Å². The highest BCUT2D eigenvalue weighted by Crippen LogP contribution is 2.32. The number of hydrogen-bond acceptors (Lipinski definition) is 10. The third kappa shape index (κ3) is 6.73. The van der Waals surface area contributed by atoms with E-state index in [1.807, 2.05) is 26.8 Å². The lowest BCUT2D eigenvalue weighted by atomic mass is 9.99. The van der Waals surface area contributed by atoms with E-state index >= 15 is 0 Å². The molecule has 0 spiro atoms. The number of hydrogen-bond donors (Lipinski definition) is 3. The number of aliphatic hydroxyl groups is 1. The molecule has 0 saturated heterocycles. The Morgan fingerprint density at radius 2 is 1.91 bits per heavy atom. The van der Waals surface area contributed by atoms with Crippen molar-refractivity contribution in [2.45, 2.75) is 45.6 Å². The first-order chi connectivity index (χ1) is 15.9. The number of carbonyl (C=O) groups excluding carboxylic acids is 1. The Balaban J connectivity index is 1.86. The molecule has 13 heteroatoms. The zero-order valence-corrected chi connectivity index (χ0v) is 20.8.